The number of nitrogens with one attached hydrogen (secondary N) is 1. The van der Waals surface area contributed by atoms with E-state index in [-0.39, 0.29) is 23.3 Å². The molecule has 1 aliphatic carbocycles. The molecule has 1 atom stereocenters. The van der Waals surface area contributed by atoms with Crippen molar-refractivity contribution < 1.29 is 19.1 Å². The fourth-order valence-electron chi connectivity index (χ4n) is 3.09. The summed E-state index contributed by atoms with van der Waals surface area (Å²) >= 11 is 0. The Bertz CT molecular complexity index is 1040. The third-order valence-corrected chi connectivity index (χ3v) is 4.91. The van der Waals surface area contributed by atoms with E-state index in [0.29, 0.717) is 16.7 Å². The van der Waals surface area contributed by atoms with Crippen molar-refractivity contribution in [3.05, 3.63) is 107 Å². The summed E-state index contributed by atoms with van der Waals surface area (Å²) in [6.07, 6.45) is 0.862. The molecular weight excluding hydrogens is 378 g/mol. The van der Waals surface area contributed by atoms with Crippen molar-refractivity contribution in [3.63, 3.8) is 0 Å². The molecule has 0 saturated heterocycles. The first-order valence-corrected chi connectivity index (χ1v) is 9.88. The zero-order valence-electron chi connectivity index (χ0n) is 16.3. The first-order chi connectivity index (χ1) is 14.6. The number of ketones is 1. The van der Waals surface area contributed by atoms with E-state index in [9.17, 15) is 14.4 Å². The minimum Gasteiger partial charge on any atom is -0.444 e. The molecule has 3 aromatic rings. The smallest absolute Gasteiger partial charge is 0.339 e. The molecule has 0 heterocycles. The average Bonchev–Trinajstić information content (AvgIpc) is 3.62. The Labute approximate surface area is 174 Å². The molecule has 0 aliphatic heterocycles. The SMILES string of the molecule is O=C(O[C@@H](C(=O)NC1CC1)c1ccccc1)c1ccc(C(=O)c2ccccc2)cc1. The molecule has 5 nitrogen and oxygen atoms in total. The van der Waals surface area contributed by atoms with E-state index in [4.69, 9.17) is 4.74 Å². The Hall–Kier alpha value is -3.73. The van der Waals surface area contributed by atoms with E-state index in [1.165, 1.54) is 0 Å². The van der Waals surface area contributed by atoms with Gasteiger partial charge in [0.25, 0.3) is 5.91 Å². The Morgan fingerprint density at radius 2 is 1.27 bits per heavy atom. The zero-order valence-corrected chi connectivity index (χ0v) is 16.3. The van der Waals surface area contributed by atoms with Gasteiger partial charge in [-0.1, -0.05) is 72.8 Å². The molecule has 0 unspecified atom stereocenters. The van der Waals surface area contributed by atoms with Crippen LogP contribution in [-0.2, 0) is 9.53 Å². The number of amides is 1. The maximum atomic E-state index is 12.7. The lowest BCUT2D eigenvalue weighted by Gasteiger charge is -2.18. The van der Waals surface area contributed by atoms with Gasteiger partial charge >= 0.3 is 5.97 Å². The van der Waals surface area contributed by atoms with Gasteiger partial charge in [0.15, 0.2) is 5.78 Å². The number of rotatable bonds is 7. The second-order valence-electron chi connectivity index (χ2n) is 7.25. The van der Waals surface area contributed by atoms with Gasteiger partial charge in [0.2, 0.25) is 6.10 Å². The second-order valence-corrected chi connectivity index (χ2v) is 7.25. The van der Waals surface area contributed by atoms with Crippen LogP contribution in [-0.4, -0.2) is 23.7 Å². The van der Waals surface area contributed by atoms with Crippen molar-refractivity contribution in [2.24, 2.45) is 0 Å². The van der Waals surface area contributed by atoms with E-state index < -0.39 is 12.1 Å². The van der Waals surface area contributed by atoms with Gasteiger partial charge in [0.1, 0.15) is 0 Å². The van der Waals surface area contributed by atoms with Gasteiger partial charge in [0.05, 0.1) is 5.56 Å². The number of carbonyl (C=O) groups is 3. The Kier molecular flexibility index (Phi) is 5.70. The van der Waals surface area contributed by atoms with Crippen molar-refractivity contribution in [1.29, 1.82) is 0 Å². The molecule has 5 heteroatoms. The highest BCUT2D eigenvalue weighted by molar-refractivity contribution is 6.09. The molecular formula is C25H21NO4. The quantitative estimate of drug-likeness (QED) is 0.480. The highest BCUT2D eigenvalue weighted by Crippen LogP contribution is 2.24. The first-order valence-electron chi connectivity index (χ1n) is 9.88. The lowest BCUT2D eigenvalue weighted by Crippen LogP contribution is -2.33. The first kappa shape index (κ1) is 19.6. The molecule has 0 spiro atoms. The van der Waals surface area contributed by atoms with E-state index in [0.717, 1.165) is 12.8 Å². The maximum Gasteiger partial charge on any atom is 0.339 e. The van der Waals surface area contributed by atoms with Gasteiger partial charge in [-0.15, -0.1) is 0 Å². The van der Waals surface area contributed by atoms with Crippen LogP contribution in [0, 0.1) is 0 Å². The van der Waals surface area contributed by atoms with Crippen LogP contribution in [0.1, 0.15) is 50.8 Å². The largest absolute Gasteiger partial charge is 0.444 e. The van der Waals surface area contributed by atoms with E-state index >= 15 is 0 Å². The summed E-state index contributed by atoms with van der Waals surface area (Å²) in [5, 5.41) is 2.89. The Morgan fingerprint density at radius 3 is 1.87 bits per heavy atom. The molecule has 30 heavy (non-hydrogen) atoms. The Morgan fingerprint density at radius 1 is 0.733 bits per heavy atom. The van der Waals surface area contributed by atoms with Gasteiger partial charge in [-0.3, -0.25) is 9.59 Å². The highest BCUT2D eigenvalue weighted by Gasteiger charge is 2.31. The van der Waals surface area contributed by atoms with Crippen molar-refractivity contribution in [1.82, 2.24) is 5.32 Å². The number of hydrogen-bond acceptors (Lipinski definition) is 4. The van der Waals surface area contributed by atoms with Gasteiger partial charge in [0, 0.05) is 22.7 Å². The normalized spacial score (nSPS) is 13.9. The third-order valence-electron chi connectivity index (χ3n) is 4.91. The summed E-state index contributed by atoms with van der Waals surface area (Å²) in [6, 6.07) is 24.3. The summed E-state index contributed by atoms with van der Waals surface area (Å²) in [6.45, 7) is 0. The molecule has 150 valence electrons. The standard InChI is InChI=1S/C25H21NO4/c27-22(17-7-3-1-4-8-17)18-11-13-20(14-12-18)25(29)30-23(19-9-5-2-6-10-19)24(28)26-21-15-16-21/h1-14,21,23H,15-16H2,(H,26,28)/t23-/m1/s1. The Balaban J connectivity index is 1.49. The van der Waals surface area contributed by atoms with Crippen LogP contribution in [0.2, 0.25) is 0 Å². The topological polar surface area (TPSA) is 72.5 Å². The van der Waals surface area contributed by atoms with Crippen LogP contribution in [0.3, 0.4) is 0 Å². The number of benzene rings is 3. The molecule has 0 aromatic heterocycles. The number of esters is 1. The van der Waals surface area contributed by atoms with Crippen LogP contribution in [0.15, 0.2) is 84.9 Å². The molecule has 3 aromatic carbocycles. The van der Waals surface area contributed by atoms with Crippen molar-refractivity contribution >= 4 is 17.7 Å². The molecule has 1 N–H and O–H groups in total. The fraction of sp³-hybridized carbons (Fsp3) is 0.160. The van der Waals surface area contributed by atoms with E-state index in [1.807, 2.05) is 12.1 Å². The molecule has 1 amide bonds. The van der Waals surface area contributed by atoms with Crippen molar-refractivity contribution in [2.45, 2.75) is 25.0 Å². The molecule has 0 bridgehead atoms. The molecule has 1 fully saturated rings. The molecule has 1 aliphatic rings. The molecule has 0 radical (unpaired) electrons. The van der Waals surface area contributed by atoms with Crippen LogP contribution >= 0.6 is 0 Å². The van der Waals surface area contributed by atoms with Gasteiger partial charge in [-0.05, 0) is 25.0 Å². The van der Waals surface area contributed by atoms with Crippen molar-refractivity contribution in [2.75, 3.05) is 0 Å². The minimum absolute atomic E-state index is 0.124. The van der Waals surface area contributed by atoms with E-state index in [2.05, 4.69) is 5.32 Å². The predicted octanol–water partition coefficient (Wildman–Crippen LogP) is 4.09. The number of ether oxygens (including phenoxy) is 1. The number of hydrogen-bond donors (Lipinski definition) is 1. The summed E-state index contributed by atoms with van der Waals surface area (Å²) in [5.41, 5.74) is 1.94. The van der Waals surface area contributed by atoms with Crippen LogP contribution < -0.4 is 5.32 Å². The second kappa shape index (κ2) is 8.74. The zero-order chi connectivity index (χ0) is 20.9. The average molecular weight is 399 g/mol. The summed E-state index contributed by atoms with van der Waals surface area (Å²) in [4.78, 5) is 37.8. The summed E-state index contributed by atoms with van der Waals surface area (Å²) in [5.74, 6) is -1.07. The summed E-state index contributed by atoms with van der Waals surface area (Å²) in [7, 11) is 0. The van der Waals surface area contributed by atoms with Crippen LogP contribution in [0.4, 0.5) is 0 Å². The monoisotopic (exact) mass is 399 g/mol. The fourth-order valence-corrected chi connectivity index (χ4v) is 3.09. The molecule has 4 rings (SSSR count). The third kappa shape index (κ3) is 4.63. The number of carbonyl (C=O) groups excluding carboxylic acids is 3. The van der Waals surface area contributed by atoms with Gasteiger partial charge in [-0.25, -0.2) is 4.79 Å². The van der Waals surface area contributed by atoms with E-state index in [1.54, 1.807) is 72.8 Å². The lowest BCUT2D eigenvalue weighted by molar-refractivity contribution is -0.130. The van der Waals surface area contributed by atoms with Crippen LogP contribution in [0.5, 0.6) is 0 Å². The maximum absolute atomic E-state index is 12.7. The van der Waals surface area contributed by atoms with Crippen molar-refractivity contribution in [3.8, 4) is 0 Å². The molecule has 1 saturated carbocycles. The van der Waals surface area contributed by atoms with Crippen LogP contribution in [0.25, 0.3) is 0 Å². The predicted molar refractivity (Wildman–Crippen MR) is 112 cm³/mol. The van der Waals surface area contributed by atoms with Gasteiger partial charge in [-0.2, -0.15) is 0 Å². The van der Waals surface area contributed by atoms with Gasteiger partial charge < -0.3 is 10.1 Å². The minimum atomic E-state index is -1.02. The lowest BCUT2D eigenvalue weighted by atomic mass is 10.0. The summed E-state index contributed by atoms with van der Waals surface area (Å²) < 4.78 is 5.56. The highest BCUT2D eigenvalue weighted by atomic mass is 16.5.